The van der Waals surface area contributed by atoms with Crippen LogP contribution >= 0.6 is 0 Å². The summed E-state index contributed by atoms with van der Waals surface area (Å²) >= 11 is 0. The van der Waals surface area contributed by atoms with Crippen LogP contribution in [-0.2, 0) is 9.53 Å². The van der Waals surface area contributed by atoms with E-state index < -0.39 is 0 Å². The van der Waals surface area contributed by atoms with Crippen LogP contribution < -0.4 is 0 Å². The third-order valence-corrected chi connectivity index (χ3v) is 5.66. The molecule has 1 aliphatic carbocycles. The Bertz CT molecular complexity index is 603. The first-order valence-corrected chi connectivity index (χ1v) is 8.97. The van der Waals surface area contributed by atoms with E-state index >= 15 is 0 Å². The molecule has 2 fully saturated rings. The molecule has 0 N–H and O–H groups in total. The quantitative estimate of drug-likeness (QED) is 0.826. The lowest BCUT2D eigenvalue weighted by Gasteiger charge is -2.40. The molecule has 4 rings (SSSR count). The predicted octanol–water partition coefficient (Wildman–Crippen LogP) is 4.00. The maximum absolute atomic E-state index is 12.7. The maximum atomic E-state index is 12.7. The highest BCUT2D eigenvalue weighted by Crippen LogP contribution is 2.41. The van der Waals surface area contributed by atoms with E-state index in [1.54, 1.807) is 0 Å². The number of likely N-dealkylation sites (tertiary alicyclic amines) is 1. The van der Waals surface area contributed by atoms with E-state index in [4.69, 9.17) is 4.74 Å². The van der Waals surface area contributed by atoms with Crippen molar-refractivity contribution in [1.82, 2.24) is 4.90 Å². The monoisotopic (exact) mass is 311 g/mol. The van der Waals surface area contributed by atoms with Crippen molar-refractivity contribution in [3.8, 4) is 0 Å². The van der Waals surface area contributed by atoms with Gasteiger partial charge in [0.05, 0.1) is 12.8 Å². The molecular weight excluding hydrogens is 286 g/mol. The summed E-state index contributed by atoms with van der Waals surface area (Å²) in [5.41, 5.74) is 2.32. The number of amides is 1. The number of carbonyl (C=O) groups excluding carboxylic acids is 1. The normalized spacial score (nSPS) is 28.0. The Morgan fingerprint density at radius 2 is 1.91 bits per heavy atom. The molecule has 2 aliphatic heterocycles. The van der Waals surface area contributed by atoms with Crippen LogP contribution in [0.4, 0.5) is 0 Å². The van der Waals surface area contributed by atoms with E-state index in [0.717, 1.165) is 45.2 Å². The van der Waals surface area contributed by atoms with Crippen molar-refractivity contribution < 1.29 is 9.53 Å². The first-order chi connectivity index (χ1) is 11.3. The highest BCUT2D eigenvalue weighted by atomic mass is 16.5. The lowest BCUT2D eigenvalue weighted by Crippen LogP contribution is -2.51. The van der Waals surface area contributed by atoms with Crippen LogP contribution in [0.5, 0.6) is 0 Å². The lowest BCUT2D eigenvalue weighted by molar-refractivity contribution is -0.141. The van der Waals surface area contributed by atoms with Crippen LogP contribution in [0.15, 0.2) is 36.6 Å². The fourth-order valence-corrected chi connectivity index (χ4v) is 4.41. The molecule has 0 bridgehead atoms. The Labute approximate surface area is 138 Å². The molecule has 3 nitrogen and oxygen atoms in total. The van der Waals surface area contributed by atoms with Gasteiger partial charge in [-0.05, 0) is 36.8 Å². The molecule has 1 amide bonds. The third kappa shape index (κ3) is 2.89. The summed E-state index contributed by atoms with van der Waals surface area (Å²) in [6.07, 6.45) is 9.54. The van der Waals surface area contributed by atoms with Crippen molar-refractivity contribution in [3.05, 3.63) is 42.2 Å². The summed E-state index contributed by atoms with van der Waals surface area (Å²) in [5.74, 6) is 0.645. The van der Waals surface area contributed by atoms with Gasteiger partial charge in [0.15, 0.2) is 0 Å². The van der Waals surface area contributed by atoms with E-state index in [-0.39, 0.29) is 11.5 Å². The Hall–Kier alpha value is -1.77. The number of carbonyl (C=O) groups is 1. The Morgan fingerprint density at radius 3 is 2.70 bits per heavy atom. The highest BCUT2D eigenvalue weighted by Gasteiger charge is 2.43. The molecule has 1 atom stereocenters. The zero-order valence-electron chi connectivity index (χ0n) is 13.7. The number of hydrogen-bond donors (Lipinski definition) is 0. The molecule has 1 unspecified atom stereocenters. The van der Waals surface area contributed by atoms with Gasteiger partial charge < -0.3 is 9.64 Å². The molecular formula is C20H25NO2. The summed E-state index contributed by atoms with van der Waals surface area (Å²) in [6.45, 7) is 1.66. The van der Waals surface area contributed by atoms with Crippen LogP contribution in [0.2, 0.25) is 0 Å². The van der Waals surface area contributed by atoms with Crippen molar-refractivity contribution in [3.63, 3.8) is 0 Å². The Kier molecular flexibility index (Phi) is 3.88. The van der Waals surface area contributed by atoms with E-state index in [0.29, 0.717) is 5.91 Å². The van der Waals surface area contributed by atoms with E-state index in [9.17, 15) is 4.79 Å². The van der Waals surface area contributed by atoms with Gasteiger partial charge in [0.25, 0.3) is 0 Å². The van der Waals surface area contributed by atoms with Gasteiger partial charge in [-0.3, -0.25) is 4.79 Å². The molecule has 1 saturated heterocycles. The molecule has 2 heterocycles. The van der Waals surface area contributed by atoms with Crippen molar-refractivity contribution in [2.24, 2.45) is 5.92 Å². The highest BCUT2D eigenvalue weighted by molar-refractivity contribution is 5.79. The SMILES string of the molecule is O=C(C1CCCC1)N1CCCC2(CC(c3ccccc3)=CO2)C1. The second-order valence-corrected chi connectivity index (χ2v) is 7.33. The average Bonchev–Trinajstić information content (AvgIpc) is 3.26. The molecule has 122 valence electrons. The summed E-state index contributed by atoms with van der Waals surface area (Å²) in [7, 11) is 0. The Balaban J connectivity index is 1.45. The molecule has 3 aliphatic rings. The van der Waals surface area contributed by atoms with Crippen molar-refractivity contribution in [2.75, 3.05) is 13.1 Å². The van der Waals surface area contributed by atoms with E-state index in [1.165, 1.54) is 24.0 Å². The summed E-state index contributed by atoms with van der Waals surface area (Å²) in [5, 5.41) is 0. The minimum atomic E-state index is -0.183. The van der Waals surface area contributed by atoms with Crippen LogP contribution in [-0.4, -0.2) is 29.5 Å². The minimum Gasteiger partial charge on any atom is -0.492 e. The van der Waals surface area contributed by atoms with Crippen molar-refractivity contribution in [2.45, 2.75) is 50.5 Å². The number of hydrogen-bond acceptors (Lipinski definition) is 2. The molecule has 1 aromatic carbocycles. The van der Waals surface area contributed by atoms with Crippen molar-refractivity contribution in [1.29, 1.82) is 0 Å². The van der Waals surface area contributed by atoms with Crippen LogP contribution in [0.1, 0.15) is 50.5 Å². The minimum absolute atomic E-state index is 0.183. The number of nitrogens with zero attached hydrogens (tertiary/aromatic N) is 1. The van der Waals surface area contributed by atoms with Gasteiger partial charge in [0.2, 0.25) is 5.91 Å². The van der Waals surface area contributed by atoms with E-state index in [2.05, 4.69) is 29.2 Å². The van der Waals surface area contributed by atoms with Gasteiger partial charge in [0, 0.05) is 18.9 Å². The lowest BCUT2D eigenvalue weighted by atomic mass is 9.86. The number of benzene rings is 1. The fraction of sp³-hybridized carbons (Fsp3) is 0.550. The van der Waals surface area contributed by atoms with Gasteiger partial charge in [-0.25, -0.2) is 0 Å². The Morgan fingerprint density at radius 1 is 1.13 bits per heavy atom. The standard InChI is InChI=1S/C20H25NO2/c22-19(17-9-4-5-10-17)21-12-6-11-20(15-21)13-18(14-23-20)16-7-2-1-3-8-16/h1-3,7-8,14,17H,4-6,9-13,15H2. The largest absolute Gasteiger partial charge is 0.492 e. The zero-order valence-corrected chi connectivity index (χ0v) is 13.7. The molecule has 23 heavy (non-hydrogen) atoms. The first kappa shape index (κ1) is 14.8. The predicted molar refractivity (Wildman–Crippen MR) is 90.6 cm³/mol. The van der Waals surface area contributed by atoms with Crippen LogP contribution in [0.25, 0.3) is 5.57 Å². The van der Waals surface area contributed by atoms with Gasteiger partial charge in [-0.15, -0.1) is 0 Å². The molecule has 1 spiro atoms. The van der Waals surface area contributed by atoms with E-state index in [1.807, 2.05) is 12.3 Å². The fourth-order valence-electron chi connectivity index (χ4n) is 4.41. The van der Waals surface area contributed by atoms with Crippen LogP contribution in [0.3, 0.4) is 0 Å². The number of rotatable bonds is 2. The summed E-state index contributed by atoms with van der Waals surface area (Å²) < 4.78 is 6.14. The van der Waals surface area contributed by atoms with Crippen LogP contribution in [0, 0.1) is 5.92 Å². The van der Waals surface area contributed by atoms with Gasteiger partial charge in [-0.2, -0.15) is 0 Å². The molecule has 0 radical (unpaired) electrons. The summed E-state index contributed by atoms with van der Waals surface area (Å²) in [4.78, 5) is 14.8. The maximum Gasteiger partial charge on any atom is 0.225 e. The number of piperidine rings is 1. The molecule has 1 saturated carbocycles. The second-order valence-electron chi connectivity index (χ2n) is 7.33. The number of ether oxygens (including phenoxy) is 1. The smallest absolute Gasteiger partial charge is 0.225 e. The zero-order chi connectivity index (χ0) is 15.7. The molecule has 1 aromatic rings. The van der Waals surface area contributed by atoms with Gasteiger partial charge >= 0.3 is 0 Å². The molecule has 0 aromatic heterocycles. The topological polar surface area (TPSA) is 29.5 Å². The van der Waals surface area contributed by atoms with Crippen molar-refractivity contribution >= 4 is 11.5 Å². The van der Waals surface area contributed by atoms with Gasteiger partial charge in [-0.1, -0.05) is 43.2 Å². The first-order valence-electron chi connectivity index (χ1n) is 8.97. The second kappa shape index (κ2) is 6.03. The average molecular weight is 311 g/mol. The van der Waals surface area contributed by atoms with Gasteiger partial charge in [0.1, 0.15) is 5.60 Å². The summed E-state index contributed by atoms with van der Waals surface area (Å²) in [6, 6.07) is 10.4. The molecule has 3 heteroatoms. The third-order valence-electron chi connectivity index (χ3n) is 5.66.